The summed E-state index contributed by atoms with van der Waals surface area (Å²) >= 11 is 0. The normalized spacial score (nSPS) is 30.9. The van der Waals surface area contributed by atoms with Crippen molar-refractivity contribution in [3.8, 4) is 11.5 Å². The van der Waals surface area contributed by atoms with Gasteiger partial charge in [0, 0.05) is 17.0 Å². The molecule has 2 aliphatic rings. The van der Waals surface area contributed by atoms with Gasteiger partial charge in [0.25, 0.3) is 0 Å². The third-order valence-electron chi connectivity index (χ3n) is 6.28. The number of phenolic OH excluding ortho intramolecular Hbond substituents is 1. The summed E-state index contributed by atoms with van der Waals surface area (Å²) < 4.78 is 5.39. The van der Waals surface area contributed by atoms with Gasteiger partial charge >= 0.3 is 0 Å². The second-order valence-corrected chi connectivity index (χ2v) is 7.20. The van der Waals surface area contributed by atoms with Gasteiger partial charge in [-0.2, -0.15) is 0 Å². The summed E-state index contributed by atoms with van der Waals surface area (Å²) in [5, 5.41) is 10.9. The lowest BCUT2D eigenvalue weighted by Crippen LogP contribution is -2.57. The highest BCUT2D eigenvalue weighted by atomic mass is 16.5. The number of likely N-dealkylation sites (tertiary alicyclic amines) is 1. The van der Waals surface area contributed by atoms with Gasteiger partial charge in [-0.25, -0.2) is 0 Å². The molecule has 3 unspecified atom stereocenters. The molecule has 2 bridgehead atoms. The lowest BCUT2D eigenvalue weighted by atomic mass is 9.56. The molecule has 22 heavy (non-hydrogen) atoms. The number of aromatic hydroxyl groups is 1. The van der Waals surface area contributed by atoms with E-state index in [4.69, 9.17) is 4.74 Å². The van der Waals surface area contributed by atoms with Crippen LogP contribution in [0.2, 0.25) is 0 Å². The average Bonchev–Trinajstić information content (AvgIpc) is 2.51. The van der Waals surface area contributed by atoms with E-state index in [1.54, 1.807) is 7.11 Å². The number of phenols is 1. The van der Waals surface area contributed by atoms with Crippen molar-refractivity contribution in [2.24, 2.45) is 5.92 Å². The van der Waals surface area contributed by atoms with Crippen LogP contribution < -0.4 is 4.74 Å². The first-order valence-corrected chi connectivity index (χ1v) is 8.64. The molecule has 1 aromatic carbocycles. The Balaban J connectivity index is 2.17. The monoisotopic (exact) mass is 303 g/mol. The Hall–Kier alpha value is -1.22. The summed E-state index contributed by atoms with van der Waals surface area (Å²) in [6.07, 6.45) is 5.77. The molecule has 0 spiro atoms. The van der Waals surface area contributed by atoms with E-state index < -0.39 is 0 Å². The second-order valence-electron chi connectivity index (χ2n) is 7.20. The first-order chi connectivity index (χ1) is 10.5. The van der Waals surface area contributed by atoms with Crippen LogP contribution in [-0.2, 0) is 11.8 Å². The van der Waals surface area contributed by atoms with Gasteiger partial charge in [0.2, 0.25) is 0 Å². The van der Waals surface area contributed by atoms with Crippen LogP contribution in [0.1, 0.15) is 50.7 Å². The molecule has 1 aromatic rings. The van der Waals surface area contributed by atoms with Gasteiger partial charge in [-0.3, -0.25) is 0 Å². The molecule has 1 heterocycles. The minimum atomic E-state index is 0.111. The van der Waals surface area contributed by atoms with E-state index in [0.717, 1.165) is 19.4 Å². The zero-order chi connectivity index (χ0) is 15.9. The highest BCUT2D eigenvalue weighted by molar-refractivity contribution is 5.56. The average molecular weight is 303 g/mol. The number of rotatable bonds is 4. The van der Waals surface area contributed by atoms with Gasteiger partial charge < -0.3 is 14.7 Å². The van der Waals surface area contributed by atoms with E-state index in [1.165, 1.54) is 30.4 Å². The van der Waals surface area contributed by atoms with Crippen LogP contribution >= 0.6 is 0 Å². The third-order valence-corrected chi connectivity index (χ3v) is 6.28. The van der Waals surface area contributed by atoms with Crippen molar-refractivity contribution in [3.63, 3.8) is 0 Å². The van der Waals surface area contributed by atoms with Crippen molar-refractivity contribution in [2.75, 3.05) is 20.7 Å². The molecule has 3 atom stereocenters. The highest BCUT2D eigenvalue weighted by Crippen LogP contribution is 2.55. The van der Waals surface area contributed by atoms with Crippen molar-refractivity contribution in [2.45, 2.75) is 57.4 Å². The van der Waals surface area contributed by atoms with Crippen LogP contribution in [0.4, 0.5) is 0 Å². The van der Waals surface area contributed by atoms with Crippen LogP contribution in [-0.4, -0.2) is 36.8 Å². The van der Waals surface area contributed by atoms with Gasteiger partial charge in [0.1, 0.15) is 0 Å². The number of fused-ring (bicyclic) bond motifs is 4. The van der Waals surface area contributed by atoms with E-state index in [9.17, 15) is 5.11 Å². The molecule has 1 aliphatic carbocycles. The molecule has 1 fully saturated rings. The fourth-order valence-electron chi connectivity index (χ4n) is 4.90. The van der Waals surface area contributed by atoms with E-state index in [2.05, 4.69) is 31.9 Å². The Morgan fingerprint density at radius 2 is 2.18 bits per heavy atom. The topological polar surface area (TPSA) is 32.7 Å². The Labute approximate surface area is 134 Å². The van der Waals surface area contributed by atoms with E-state index >= 15 is 0 Å². The van der Waals surface area contributed by atoms with Crippen molar-refractivity contribution < 1.29 is 9.84 Å². The smallest absolute Gasteiger partial charge is 0.161 e. The Bertz CT molecular complexity index is 553. The number of nitrogens with zero attached hydrogens (tertiary/aromatic N) is 1. The van der Waals surface area contributed by atoms with E-state index in [1.807, 2.05) is 6.07 Å². The fourth-order valence-corrected chi connectivity index (χ4v) is 4.90. The predicted molar refractivity (Wildman–Crippen MR) is 89.8 cm³/mol. The summed E-state index contributed by atoms with van der Waals surface area (Å²) in [4.78, 5) is 2.51. The standard InChI is InChI=1S/C19H29NO2/c1-5-6-9-19-10-11-20(3)15(13(19)2)12-14-7-8-16(22-4)18(21)17(14)19/h7-8,13,15,21H,5-6,9-12H2,1-4H3. The van der Waals surface area contributed by atoms with Crippen LogP contribution in [0.5, 0.6) is 11.5 Å². The molecule has 3 heteroatoms. The molecule has 0 radical (unpaired) electrons. The van der Waals surface area contributed by atoms with Gasteiger partial charge in [0.05, 0.1) is 7.11 Å². The molecule has 0 aromatic heterocycles. The van der Waals surface area contributed by atoms with E-state index in [-0.39, 0.29) is 5.41 Å². The molecule has 0 amide bonds. The van der Waals surface area contributed by atoms with Gasteiger partial charge in [-0.1, -0.05) is 32.8 Å². The molecule has 3 nitrogen and oxygen atoms in total. The lowest BCUT2D eigenvalue weighted by molar-refractivity contribution is 0.0329. The molecular weight excluding hydrogens is 274 g/mol. The number of ether oxygens (including phenoxy) is 1. The van der Waals surface area contributed by atoms with Crippen LogP contribution in [0.15, 0.2) is 12.1 Å². The van der Waals surface area contributed by atoms with Gasteiger partial charge in [0.15, 0.2) is 11.5 Å². The quantitative estimate of drug-likeness (QED) is 0.920. The molecule has 1 N–H and O–H groups in total. The van der Waals surface area contributed by atoms with Gasteiger partial charge in [-0.05, 0) is 50.4 Å². The number of piperidine rings is 1. The highest BCUT2D eigenvalue weighted by Gasteiger charge is 2.51. The molecular formula is C19H29NO2. The van der Waals surface area contributed by atoms with Crippen LogP contribution in [0, 0.1) is 5.92 Å². The Morgan fingerprint density at radius 1 is 1.41 bits per heavy atom. The van der Waals surface area contributed by atoms with Gasteiger partial charge in [-0.15, -0.1) is 0 Å². The Kier molecular flexibility index (Phi) is 4.11. The zero-order valence-corrected chi connectivity index (χ0v) is 14.4. The molecule has 3 rings (SSSR count). The maximum absolute atomic E-state index is 10.9. The lowest BCUT2D eigenvalue weighted by Gasteiger charge is -2.55. The van der Waals surface area contributed by atoms with Crippen molar-refractivity contribution in [1.82, 2.24) is 4.90 Å². The summed E-state index contributed by atoms with van der Waals surface area (Å²) in [5.74, 6) is 1.59. The van der Waals surface area contributed by atoms with Crippen LogP contribution in [0.25, 0.3) is 0 Å². The largest absolute Gasteiger partial charge is 0.504 e. The molecule has 122 valence electrons. The SMILES string of the molecule is CCCCC12CCN(C)C(Cc3ccc(OC)c(O)c31)C2C. The zero-order valence-electron chi connectivity index (χ0n) is 14.4. The van der Waals surface area contributed by atoms with Crippen molar-refractivity contribution in [3.05, 3.63) is 23.3 Å². The number of hydrogen-bond donors (Lipinski definition) is 1. The minimum Gasteiger partial charge on any atom is -0.504 e. The number of unbranched alkanes of at least 4 members (excludes halogenated alkanes) is 1. The van der Waals surface area contributed by atoms with Crippen molar-refractivity contribution >= 4 is 0 Å². The summed E-state index contributed by atoms with van der Waals surface area (Å²) in [6.45, 7) is 5.76. The first-order valence-electron chi connectivity index (χ1n) is 8.64. The summed E-state index contributed by atoms with van der Waals surface area (Å²) in [6, 6.07) is 4.69. The van der Waals surface area contributed by atoms with Crippen molar-refractivity contribution in [1.29, 1.82) is 0 Å². The minimum absolute atomic E-state index is 0.111. The maximum Gasteiger partial charge on any atom is 0.161 e. The number of methoxy groups -OCH3 is 1. The summed E-state index contributed by atoms with van der Waals surface area (Å²) in [7, 11) is 3.89. The maximum atomic E-state index is 10.9. The number of likely N-dealkylation sites (N-methyl/N-ethyl adjacent to an activating group) is 1. The molecule has 1 saturated heterocycles. The first kappa shape index (κ1) is 15.7. The third kappa shape index (κ3) is 2.13. The van der Waals surface area contributed by atoms with Crippen LogP contribution in [0.3, 0.4) is 0 Å². The fraction of sp³-hybridized carbons (Fsp3) is 0.684. The summed E-state index contributed by atoms with van der Waals surface area (Å²) in [5.41, 5.74) is 2.63. The van der Waals surface area contributed by atoms with E-state index in [0.29, 0.717) is 23.5 Å². The predicted octanol–water partition coefficient (Wildman–Crippen LogP) is 3.73. The second kappa shape index (κ2) is 5.77. The molecule has 1 aliphatic heterocycles. The molecule has 0 saturated carbocycles. The Morgan fingerprint density at radius 3 is 2.86 bits per heavy atom. The number of hydrogen-bond acceptors (Lipinski definition) is 3. The number of benzene rings is 1.